The first-order chi connectivity index (χ1) is 9.98. The normalized spacial score (nSPS) is 12.0. The van der Waals surface area contributed by atoms with Gasteiger partial charge in [-0.1, -0.05) is 0 Å². The van der Waals surface area contributed by atoms with Crippen molar-refractivity contribution in [3.63, 3.8) is 0 Å². The van der Waals surface area contributed by atoms with Gasteiger partial charge in [0.2, 0.25) is 0 Å². The zero-order chi connectivity index (χ0) is 16.0. The number of esters is 1. The van der Waals surface area contributed by atoms with E-state index in [9.17, 15) is 4.79 Å². The van der Waals surface area contributed by atoms with Crippen LogP contribution in [-0.4, -0.2) is 40.5 Å². The third kappa shape index (κ3) is 4.01. The average Bonchev–Trinajstić information content (AvgIpc) is 2.50. The zero-order valence-corrected chi connectivity index (χ0v) is 13.4. The van der Waals surface area contributed by atoms with Crippen molar-refractivity contribution in [1.29, 1.82) is 0 Å². The molecule has 1 aromatic carbocycles. The van der Waals surface area contributed by atoms with Gasteiger partial charge in [-0.05, 0) is 19.9 Å². The number of methoxy groups -OCH3 is 4. The molecule has 0 saturated heterocycles. The van der Waals surface area contributed by atoms with E-state index in [1.165, 1.54) is 21.3 Å². The molecule has 6 nitrogen and oxygen atoms in total. The van der Waals surface area contributed by atoms with E-state index in [-0.39, 0.29) is 6.04 Å². The summed E-state index contributed by atoms with van der Waals surface area (Å²) in [5.74, 6) is 1.18. The van der Waals surface area contributed by atoms with Crippen molar-refractivity contribution in [2.24, 2.45) is 0 Å². The Balaban J connectivity index is 3.37. The van der Waals surface area contributed by atoms with Gasteiger partial charge >= 0.3 is 5.97 Å². The minimum atomic E-state index is -0.648. The summed E-state index contributed by atoms with van der Waals surface area (Å²) in [6.07, 6.45) is 0. The van der Waals surface area contributed by atoms with E-state index in [1.807, 2.05) is 13.8 Å². The van der Waals surface area contributed by atoms with Gasteiger partial charge in [0.25, 0.3) is 0 Å². The Hall–Kier alpha value is -1.95. The number of hydrogen-bond donors (Lipinski definition) is 1. The number of carbonyl (C=O) groups is 1. The highest BCUT2D eigenvalue weighted by molar-refractivity contribution is 5.79. The second kappa shape index (κ2) is 7.73. The lowest BCUT2D eigenvalue weighted by Gasteiger charge is -2.22. The van der Waals surface area contributed by atoms with Gasteiger partial charge in [0.15, 0.2) is 11.5 Å². The zero-order valence-electron chi connectivity index (χ0n) is 13.4. The van der Waals surface area contributed by atoms with Crippen molar-refractivity contribution in [3.05, 3.63) is 17.7 Å². The molecule has 0 aliphatic carbocycles. The van der Waals surface area contributed by atoms with Crippen LogP contribution >= 0.6 is 0 Å². The van der Waals surface area contributed by atoms with Gasteiger partial charge in [-0.2, -0.15) is 0 Å². The van der Waals surface area contributed by atoms with Crippen LogP contribution in [0.2, 0.25) is 0 Å². The van der Waals surface area contributed by atoms with Crippen LogP contribution in [0, 0.1) is 0 Å². The molecule has 0 heterocycles. The van der Waals surface area contributed by atoms with Gasteiger partial charge in [0.1, 0.15) is 11.8 Å². The molecule has 6 heteroatoms. The van der Waals surface area contributed by atoms with Crippen LogP contribution in [0.1, 0.15) is 25.5 Å². The van der Waals surface area contributed by atoms with Crippen molar-refractivity contribution in [2.45, 2.75) is 25.9 Å². The Morgan fingerprint density at radius 3 is 1.90 bits per heavy atom. The summed E-state index contributed by atoms with van der Waals surface area (Å²) in [4.78, 5) is 12.1. The first kappa shape index (κ1) is 17.1. The maximum Gasteiger partial charge on any atom is 0.327 e. The Labute approximate surface area is 125 Å². The topological polar surface area (TPSA) is 66.0 Å². The first-order valence-corrected chi connectivity index (χ1v) is 6.62. The number of rotatable bonds is 7. The van der Waals surface area contributed by atoms with Crippen molar-refractivity contribution >= 4 is 5.97 Å². The minimum absolute atomic E-state index is 0.0897. The predicted octanol–water partition coefficient (Wildman–Crippen LogP) is 1.92. The molecule has 0 bridgehead atoms. The fourth-order valence-corrected chi connectivity index (χ4v) is 2.01. The number of nitrogens with one attached hydrogen (secondary N) is 1. The van der Waals surface area contributed by atoms with Gasteiger partial charge < -0.3 is 18.9 Å². The third-order valence-electron chi connectivity index (χ3n) is 2.98. The molecule has 0 aliphatic heterocycles. The lowest BCUT2D eigenvalue weighted by Crippen LogP contribution is -2.34. The van der Waals surface area contributed by atoms with E-state index in [4.69, 9.17) is 18.9 Å². The summed E-state index contributed by atoms with van der Waals surface area (Å²) in [5.41, 5.74) is 0.635. The standard InChI is InChI=1S/C15H23NO5/c1-9(2)16-14(15(17)21-6)10-7-12(19-4)13(20-5)8-11(10)18-3/h7-9,14,16H,1-6H3. The monoisotopic (exact) mass is 297 g/mol. The molecule has 0 amide bonds. The highest BCUT2D eigenvalue weighted by Gasteiger charge is 2.27. The van der Waals surface area contributed by atoms with Crippen LogP contribution in [0.4, 0.5) is 0 Å². The molecule has 1 atom stereocenters. The van der Waals surface area contributed by atoms with Gasteiger partial charge in [-0.15, -0.1) is 0 Å². The van der Waals surface area contributed by atoms with Crippen molar-refractivity contribution in [1.82, 2.24) is 5.32 Å². The predicted molar refractivity (Wildman–Crippen MR) is 79.1 cm³/mol. The number of carbonyl (C=O) groups excluding carboxylic acids is 1. The molecule has 21 heavy (non-hydrogen) atoms. The van der Waals surface area contributed by atoms with Crippen molar-refractivity contribution < 1.29 is 23.7 Å². The smallest absolute Gasteiger partial charge is 0.327 e. The molecule has 0 saturated carbocycles. The molecule has 0 radical (unpaired) electrons. The fraction of sp³-hybridized carbons (Fsp3) is 0.533. The molecule has 0 aromatic heterocycles. The summed E-state index contributed by atoms with van der Waals surface area (Å²) in [7, 11) is 5.97. The average molecular weight is 297 g/mol. The van der Waals surface area contributed by atoms with Gasteiger partial charge in [0, 0.05) is 17.7 Å². The molecule has 118 valence electrons. The van der Waals surface area contributed by atoms with E-state index in [0.717, 1.165) is 0 Å². The van der Waals surface area contributed by atoms with Crippen LogP contribution in [0.3, 0.4) is 0 Å². The second-order valence-electron chi connectivity index (χ2n) is 4.73. The maximum absolute atomic E-state index is 12.1. The Morgan fingerprint density at radius 1 is 0.952 bits per heavy atom. The highest BCUT2D eigenvalue weighted by Crippen LogP contribution is 2.37. The lowest BCUT2D eigenvalue weighted by molar-refractivity contribution is -0.143. The third-order valence-corrected chi connectivity index (χ3v) is 2.98. The van der Waals surface area contributed by atoms with Crippen LogP contribution in [-0.2, 0) is 9.53 Å². The number of hydrogen-bond acceptors (Lipinski definition) is 6. The molecule has 1 rings (SSSR count). The summed E-state index contributed by atoms with van der Waals surface area (Å²) < 4.78 is 20.8. The molecule has 1 N–H and O–H groups in total. The van der Waals surface area contributed by atoms with E-state index in [0.29, 0.717) is 22.8 Å². The lowest BCUT2D eigenvalue weighted by atomic mass is 10.0. The van der Waals surface area contributed by atoms with E-state index in [1.54, 1.807) is 19.2 Å². The molecule has 0 aliphatic rings. The minimum Gasteiger partial charge on any atom is -0.496 e. The number of ether oxygens (including phenoxy) is 4. The van der Waals surface area contributed by atoms with Crippen molar-refractivity contribution in [3.8, 4) is 17.2 Å². The van der Waals surface area contributed by atoms with Crippen LogP contribution in [0.15, 0.2) is 12.1 Å². The van der Waals surface area contributed by atoms with Gasteiger partial charge in [0.05, 0.1) is 28.4 Å². The van der Waals surface area contributed by atoms with E-state index in [2.05, 4.69) is 5.32 Å². The van der Waals surface area contributed by atoms with Crippen LogP contribution in [0.5, 0.6) is 17.2 Å². The number of benzene rings is 1. The SMILES string of the molecule is COC(=O)C(NC(C)C)c1cc(OC)c(OC)cc1OC. The van der Waals surface area contributed by atoms with Gasteiger partial charge in [-0.25, -0.2) is 4.79 Å². The molecule has 0 fully saturated rings. The Morgan fingerprint density at radius 2 is 1.48 bits per heavy atom. The van der Waals surface area contributed by atoms with Crippen molar-refractivity contribution in [2.75, 3.05) is 28.4 Å². The maximum atomic E-state index is 12.1. The molecule has 1 unspecified atom stereocenters. The van der Waals surface area contributed by atoms with Crippen LogP contribution in [0.25, 0.3) is 0 Å². The largest absolute Gasteiger partial charge is 0.496 e. The fourth-order valence-electron chi connectivity index (χ4n) is 2.01. The summed E-state index contributed by atoms with van der Waals surface area (Å²) >= 11 is 0. The molecular weight excluding hydrogens is 274 g/mol. The van der Waals surface area contributed by atoms with E-state index >= 15 is 0 Å². The summed E-state index contributed by atoms with van der Waals surface area (Å²) in [5, 5.41) is 3.16. The van der Waals surface area contributed by atoms with Crippen LogP contribution < -0.4 is 19.5 Å². The molecule has 0 spiro atoms. The first-order valence-electron chi connectivity index (χ1n) is 6.62. The highest BCUT2D eigenvalue weighted by atomic mass is 16.5. The second-order valence-corrected chi connectivity index (χ2v) is 4.73. The molecule has 1 aromatic rings. The summed E-state index contributed by atoms with van der Waals surface area (Å²) in [6.45, 7) is 3.90. The van der Waals surface area contributed by atoms with E-state index < -0.39 is 12.0 Å². The Kier molecular flexibility index (Phi) is 6.30. The van der Waals surface area contributed by atoms with Gasteiger partial charge in [-0.3, -0.25) is 5.32 Å². The summed E-state index contributed by atoms with van der Waals surface area (Å²) in [6, 6.07) is 2.84. The molecular formula is C15H23NO5. The Bertz CT molecular complexity index is 487. The quantitative estimate of drug-likeness (QED) is 0.776.